The Bertz CT molecular complexity index is 2060. The van der Waals surface area contributed by atoms with Crippen molar-refractivity contribution in [3.8, 4) is 5.75 Å². The summed E-state index contributed by atoms with van der Waals surface area (Å²) in [7, 11) is -2.87. The Hall–Kier alpha value is -4.76. The van der Waals surface area contributed by atoms with Gasteiger partial charge in [0.2, 0.25) is 11.8 Å². The summed E-state index contributed by atoms with van der Waals surface area (Å²) in [5.41, 5.74) is 0.563. The molecule has 306 valence electrons. The largest absolute Gasteiger partial charge is 0.497 e. The Balaban J connectivity index is 1.11. The Labute approximate surface area is 334 Å². The van der Waals surface area contributed by atoms with Gasteiger partial charge in [0.25, 0.3) is 21.8 Å². The van der Waals surface area contributed by atoms with E-state index in [9.17, 15) is 27.6 Å². The Morgan fingerprint density at radius 1 is 0.930 bits per heavy atom. The van der Waals surface area contributed by atoms with Crippen LogP contribution < -0.4 is 14.8 Å². The summed E-state index contributed by atoms with van der Waals surface area (Å²) < 4.78 is 42.1. The van der Waals surface area contributed by atoms with Crippen LogP contribution in [-0.4, -0.2) is 104 Å². The molecule has 4 fully saturated rings. The molecule has 3 heterocycles. The zero-order valence-corrected chi connectivity index (χ0v) is 34.0. The van der Waals surface area contributed by atoms with Crippen LogP contribution in [0.5, 0.6) is 5.75 Å². The lowest BCUT2D eigenvalue weighted by molar-refractivity contribution is -0.152. The van der Waals surface area contributed by atoms with Crippen molar-refractivity contribution in [2.75, 3.05) is 39.9 Å². The molecule has 15 heteroatoms. The molecule has 2 aromatic carbocycles. The second kappa shape index (κ2) is 16.2. The SMILES string of the molecule is COc1ccc(S(=O)(=O)NC(=O)[C@@H](NC(=O)[C@@H]2CN(C(=O)c3cnn(Cc4ccccc4)c3)CC23CN(C(=O)[C@H]2CC2(C)C)C3)[C@@H](C)OCC2CCCCC2)cc1. The molecular formula is C42H54N6O8S. The standard InChI is InChI=1S/C42H54N6O8S/c1-28(56-24-30-13-9-6-10-14-30)36(38(50)45-57(53,54)33-17-15-32(55-4)16-18-33)44-37(49)35-23-46(25-42(35)26-47(27-42)40(52)34-19-41(34,2)3)39(51)31-20-43-48(22-31)21-29-11-7-5-8-12-29/h5,7-8,11-12,15-18,20,22,28,30,34-36H,6,9-10,13-14,19,21,23-27H2,1-4H3,(H,44,49)(H,45,50)/t28-,34-,35+,36+/m1/s1. The Kier molecular flexibility index (Phi) is 11.5. The van der Waals surface area contributed by atoms with Crippen LogP contribution in [0, 0.1) is 28.6 Å². The average Bonchev–Trinajstić information content (AvgIpc) is 3.48. The monoisotopic (exact) mass is 802 g/mol. The van der Waals surface area contributed by atoms with Gasteiger partial charge in [-0.3, -0.25) is 23.9 Å². The predicted molar refractivity (Wildman–Crippen MR) is 210 cm³/mol. The van der Waals surface area contributed by atoms with Crippen LogP contribution in [-0.2, 0) is 35.7 Å². The summed E-state index contributed by atoms with van der Waals surface area (Å²) in [5.74, 6) is -1.83. The molecule has 57 heavy (non-hydrogen) atoms. The summed E-state index contributed by atoms with van der Waals surface area (Å²) in [4.78, 5) is 59.3. The topological polar surface area (TPSA) is 169 Å². The molecule has 2 saturated carbocycles. The molecule has 14 nitrogen and oxygen atoms in total. The van der Waals surface area contributed by atoms with Crippen molar-refractivity contribution in [2.24, 2.45) is 28.6 Å². The molecule has 7 rings (SSSR count). The van der Waals surface area contributed by atoms with Crippen molar-refractivity contribution in [3.63, 3.8) is 0 Å². The van der Waals surface area contributed by atoms with E-state index in [1.165, 1.54) is 37.6 Å². The minimum Gasteiger partial charge on any atom is -0.497 e. The number of nitrogens with one attached hydrogen (secondary N) is 2. The quantitative estimate of drug-likeness (QED) is 0.246. The first-order valence-electron chi connectivity index (χ1n) is 20.0. The maximum atomic E-state index is 14.6. The first-order chi connectivity index (χ1) is 27.2. The lowest BCUT2D eigenvalue weighted by Gasteiger charge is -2.50. The second-order valence-electron chi connectivity index (χ2n) is 17.1. The number of ether oxygens (including phenoxy) is 2. The molecule has 0 radical (unpaired) electrons. The summed E-state index contributed by atoms with van der Waals surface area (Å²) in [6.45, 7) is 7.46. The van der Waals surface area contributed by atoms with Crippen molar-refractivity contribution in [1.82, 2.24) is 29.6 Å². The van der Waals surface area contributed by atoms with Gasteiger partial charge in [-0.1, -0.05) is 63.4 Å². The minimum atomic E-state index is -4.33. The molecule has 0 bridgehead atoms. The van der Waals surface area contributed by atoms with Gasteiger partial charge in [-0.15, -0.1) is 0 Å². The highest BCUT2D eigenvalue weighted by Gasteiger charge is 2.62. The number of nitrogens with zero attached hydrogens (tertiary/aromatic N) is 4. The zero-order valence-electron chi connectivity index (χ0n) is 33.2. The van der Waals surface area contributed by atoms with Crippen LogP contribution in [0.15, 0.2) is 71.9 Å². The Morgan fingerprint density at radius 2 is 1.60 bits per heavy atom. The maximum Gasteiger partial charge on any atom is 0.264 e. The summed E-state index contributed by atoms with van der Waals surface area (Å²) in [6, 6.07) is 14.0. The van der Waals surface area contributed by atoms with Crippen LogP contribution in [0.3, 0.4) is 0 Å². The summed E-state index contributed by atoms with van der Waals surface area (Å²) in [6.07, 6.45) is 8.46. The van der Waals surface area contributed by atoms with E-state index in [0.717, 1.165) is 44.1 Å². The van der Waals surface area contributed by atoms with Gasteiger partial charge in [-0.05, 0) is 67.3 Å². The number of rotatable bonds is 14. The number of hydrogen-bond donors (Lipinski definition) is 2. The molecule has 1 aromatic heterocycles. The van der Waals surface area contributed by atoms with Crippen LogP contribution in [0.1, 0.15) is 75.2 Å². The molecular weight excluding hydrogens is 749 g/mol. The van der Waals surface area contributed by atoms with Crippen LogP contribution in [0.2, 0.25) is 0 Å². The van der Waals surface area contributed by atoms with Gasteiger partial charge in [-0.25, -0.2) is 13.1 Å². The molecule has 2 aliphatic carbocycles. The highest BCUT2D eigenvalue weighted by molar-refractivity contribution is 7.90. The van der Waals surface area contributed by atoms with Gasteiger partial charge < -0.3 is 24.6 Å². The number of sulfonamides is 1. The molecule has 4 aliphatic rings. The molecule has 2 N–H and O–H groups in total. The fraction of sp³-hybridized carbons (Fsp3) is 0.548. The molecule has 1 spiro atoms. The van der Waals surface area contributed by atoms with E-state index in [1.54, 1.807) is 27.6 Å². The number of amides is 4. The van der Waals surface area contributed by atoms with Crippen molar-refractivity contribution >= 4 is 33.7 Å². The first-order valence-corrected chi connectivity index (χ1v) is 21.4. The number of hydrogen-bond acceptors (Lipinski definition) is 9. The van der Waals surface area contributed by atoms with Crippen LogP contribution >= 0.6 is 0 Å². The fourth-order valence-corrected chi connectivity index (χ4v) is 9.70. The molecule has 3 aromatic rings. The molecule has 2 saturated heterocycles. The lowest BCUT2D eigenvalue weighted by atomic mass is 9.70. The van der Waals surface area contributed by atoms with E-state index in [0.29, 0.717) is 30.4 Å². The molecule has 4 atom stereocenters. The number of likely N-dealkylation sites (tertiary alicyclic amines) is 2. The number of aromatic nitrogens is 2. The second-order valence-corrected chi connectivity index (χ2v) is 18.8. The van der Waals surface area contributed by atoms with E-state index in [-0.39, 0.29) is 54.2 Å². The van der Waals surface area contributed by atoms with Crippen LogP contribution in [0.4, 0.5) is 0 Å². The number of carbonyl (C=O) groups is 4. The van der Waals surface area contributed by atoms with E-state index in [1.807, 2.05) is 30.3 Å². The van der Waals surface area contributed by atoms with Crippen molar-refractivity contribution in [3.05, 3.63) is 78.1 Å². The van der Waals surface area contributed by atoms with Gasteiger partial charge in [0.15, 0.2) is 0 Å². The molecule has 2 aliphatic heterocycles. The average molecular weight is 803 g/mol. The third-order valence-electron chi connectivity index (χ3n) is 12.4. The predicted octanol–water partition coefficient (Wildman–Crippen LogP) is 3.86. The zero-order chi connectivity index (χ0) is 40.5. The lowest BCUT2D eigenvalue weighted by Crippen LogP contribution is -2.65. The van der Waals surface area contributed by atoms with E-state index in [4.69, 9.17) is 9.47 Å². The molecule has 4 amide bonds. The Morgan fingerprint density at radius 3 is 2.25 bits per heavy atom. The number of carbonyl (C=O) groups excluding carboxylic acids is 4. The van der Waals surface area contributed by atoms with E-state index in [2.05, 4.69) is 29.0 Å². The van der Waals surface area contributed by atoms with Crippen molar-refractivity contribution < 1.29 is 37.1 Å². The summed E-state index contributed by atoms with van der Waals surface area (Å²) in [5, 5.41) is 7.28. The van der Waals surface area contributed by atoms with Gasteiger partial charge in [-0.2, -0.15) is 5.10 Å². The third kappa shape index (κ3) is 8.89. The summed E-state index contributed by atoms with van der Waals surface area (Å²) >= 11 is 0. The van der Waals surface area contributed by atoms with Gasteiger partial charge in [0, 0.05) is 50.3 Å². The molecule has 0 unspecified atom stereocenters. The maximum absolute atomic E-state index is 14.6. The number of benzene rings is 2. The van der Waals surface area contributed by atoms with Crippen molar-refractivity contribution in [1.29, 1.82) is 0 Å². The van der Waals surface area contributed by atoms with Gasteiger partial charge >= 0.3 is 0 Å². The van der Waals surface area contributed by atoms with Gasteiger partial charge in [0.05, 0.1) is 42.3 Å². The third-order valence-corrected chi connectivity index (χ3v) is 13.8. The first kappa shape index (κ1) is 40.4. The van der Waals surface area contributed by atoms with Crippen LogP contribution in [0.25, 0.3) is 0 Å². The minimum absolute atomic E-state index is 0.0429. The fourth-order valence-electron chi connectivity index (χ4n) is 8.69. The highest BCUT2D eigenvalue weighted by atomic mass is 32.2. The van der Waals surface area contributed by atoms with E-state index < -0.39 is 45.3 Å². The number of methoxy groups -OCH3 is 1. The highest BCUT2D eigenvalue weighted by Crippen LogP contribution is 2.54. The normalized spacial score (nSPS) is 22.3. The van der Waals surface area contributed by atoms with Gasteiger partial charge in [0.1, 0.15) is 11.8 Å². The van der Waals surface area contributed by atoms with Crippen molar-refractivity contribution in [2.45, 2.75) is 82.9 Å². The smallest absolute Gasteiger partial charge is 0.264 e. The van der Waals surface area contributed by atoms with E-state index >= 15 is 0 Å².